The maximum atomic E-state index is 15.1. The fraction of sp³-hybridized carbons (Fsp3) is 0.346. The van der Waals surface area contributed by atoms with Gasteiger partial charge in [-0.2, -0.15) is 28.6 Å². The molecule has 196 valence electrons. The van der Waals surface area contributed by atoms with Crippen molar-refractivity contribution in [2.45, 2.75) is 58.9 Å². The summed E-state index contributed by atoms with van der Waals surface area (Å²) in [5.41, 5.74) is 2.33. The van der Waals surface area contributed by atoms with Crippen LogP contribution in [0, 0.1) is 17.1 Å². The lowest BCUT2D eigenvalue weighted by Crippen LogP contribution is -2.17. The maximum Gasteiger partial charge on any atom is 0.434 e. The van der Waals surface area contributed by atoms with Gasteiger partial charge in [-0.3, -0.25) is 14.4 Å². The number of aromatic nitrogens is 6. The van der Waals surface area contributed by atoms with Crippen molar-refractivity contribution in [2.75, 3.05) is 0 Å². The van der Waals surface area contributed by atoms with Crippen molar-refractivity contribution in [2.24, 2.45) is 4.99 Å². The average Bonchev–Trinajstić information content (AvgIpc) is 3.59. The molecule has 1 aliphatic heterocycles. The van der Waals surface area contributed by atoms with E-state index in [1.807, 2.05) is 24.6 Å². The molecule has 0 bridgehead atoms. The Kier molecular flexibility index (Phi) is 6.38. The topological polar surface area (TPSA) is 89.6 Å². The number of hydrogen-bond acceptors (Lipinski definition) is 5. The minimum Gasteiger partial charge on any atom is -0.331 e. The molecule has 1 aliphatic rings. The van der Waals surface area contributed by atoms with E-state index >= 15 is 4.39 Å². The first-order chi connectivity index (χ1) is 18.1. The van der Waals surface area contributed by atoms with Crippen LogP contribution in [0.4, 0.5) is 23.2 Å². The Bertz CT molecular complexity index is 1580. The van der Waals surface area contributed by atoms with E-state index in [0.29, 0.717) is 41.3 Å². The van der Waals surface area contributed by atoms with Crippen LogP contribution in [0.2, 0.25) is 0 Å². The van der Waals surface area contributed by atoms with Crippen molar-refractivity contribution in [3.8, 4) is 28.8 Å². The zero-order chi connectivity index (χ0) is 27.2. The number of imidazole rings is 1. The lowest BCUT2D eigenvalue weighted by atomic mass is 10.1. The molecule has 0 radical (unpaired) electrons. The highest BCUT2D eigenvalue weighted by molar-refractivity contribution is 6.02. The molecule has 0 atom stereocenters. The van der Waals surface area contributed by atoms with Gasteiger partial charge in [-0.15, -0.1) is 0 Å². The lowest BCUT2D eigenvalue weighted by molar-refractivity contribution is -0.140. The molecular formula is C26H24F4N8. The number of halogens is 4. The fourth-order valence-electron chi connectivity index (χ4n) is 4.58. The van der Waals surface area contributed by atoms with E-state index in [0.717, 1.165) is 18.3 Å². The number of benzene rings is 1. The molecule has 5 rings (SSSR count). The van der Waals surface area contributed by atoms with E-state index in [2.05, 4.69) is 21.1 Å². The first kappa shape index (κ1) is 25.4. The van der Waals surface area contributed by atoms with Gasteiger partial charge < -0.3 is 4.57 Å². The van der Waals surface area contributed by atoms with Gasteiger partial charge in [0, 0.05) is 31.4 Å². The Morgan fingerprint density at radius 2 is 2.00 bits per heavy atom. The number of aryl methyl sites for hydroxylation is 2. The smallest absolute Gasteiger partial charge is 0.331 e. The van der Waals surface area contributed by atoms with Gasteiger partial charge in [-0.25, -0.2) is 9.37 Å². The number of hydrogen-bond donors (Lipinski definition) is 0. The summed E-state index contributed by atoms with van der Waals surface area (Å²) in [6.45, 7) is 6.47. The number of fused-ring (bicyclic) bond motifs is 1. The van der Waals surface area contributed by atoms with Crippen molar-refractivity contribution in [3.05, 3.63) is 59.4 Å². The summed E-state index contributed by atoms with van der Waals surface area (Å²) in [7, 11) is 0. The number of alkyl halides is 3. The van der Waals surface area contributed by atoms with Crippen molar-refractivity contribution in [3.63, 3.8) is 0 Å². The third-order valence-electron chi connectivity index (χ3n) is 6.37. The third-order valence-corrected chi connectivity index (χ3v) is 6.37. The predicted molar refractivity (Wildman–Crippen MR) is 132 cm³/mol. The molecule has 0 spiro atoms. The van der Waals surface area contributed by atoms with Crippen molar-refractivity contribution >= 4 is 11.4 Å². The molecular weight excluding hydrogens is 500 g/mol. The number of nitrogens with zero attached hydrogens (tertiary/aromatic N) is 8. The molecule has 38 heavy (non-hydrogen) atoms. The summed E-state index contributed by atoms with van der Waals surface area (Å²) < 4.78 is 59.5. The van der Waals surface area contributed by atoms with Crippen LogP contribution >= 0.6 is 0 Å². The van der Waals surface area contributed by atoms with Crippen LogP contribution in [-0.2, 0) is 19.3 Å². The van der Waals surface area contributed by atoms with Crippen LogP contribution < -0.4 is 0 Å². The third kappa shape index (κ3) is 4.49. The van der Waals surface area contributed by atoms with Crippen LogP contribution in [0.5, 0.6) is 0 Å². The van der Waals surface area contributed by atoms with E-state index in [4.69, 9.17) is 5.10 Å². The predicted octanol–water partition coefficient (Wildman–Crippen LogP) is 6.16. The molecule has 0 unspecified atom stereocenters. The molecule has 1 aromatic carbocycles. The molecule has 0 saturated heterocycles. The minimum absolute atomic E-state index is 0.0240. The Labute approximate surface area is 215 Å². The summed E-state index contributed by atoms with van der Waals surface area (Å²) in [4.78, 5) is 8.30. The fourth-order valence-corrected chi connectivity index (χ4v) is 4.58. The maximum absolute atomic E-state index is 15.1. The van der Waals surface area contributed by atoms with Crippen molar-refractivity contribution in [1.82, 2.24) is 29.1 Å². The van der Waals surface area contributed by atoms with E-state index < -0.39 is 17.7 Å². The van der Waals surface area contributed by atoms with Crippen LogP contribution in [-0.4, -0.2) is 34.8 Å². The Balaban J connectivity index is 1.51. The first-order valence-corrected chi connectivity index (χ1v) is 12.2. The normalized spacial score (nSPS) is 14.8. The zero-order valence-corrected chi connectivity index (χ0v) is 21.0. The van der Waals surface area contributed by atoms with Gasteiger partial charge in [0.05, 0.1) is 34.4 Å². The monoisotopic (exact) mass is 524 g/mol. The quantitative estimate of drug-likeness (QED) is 0.293. The molecule has 0 aliphatic carbocycles. The van der Waals surface area contributed by atoms with E-state index in [9.17, 15) is 18.4 Å². The Hall–Kier alpha value is -4.27. The molecule has 0 fully saturated rings. The molecule has 8 nitrogen and oxygen atoms in total. The molecule has 0 N–H and O–H groups in total. The van der Waals surface area contributed by atoms with E-state index in [1.54, 1.807) is 17.7 Å². The standard InChI is InChI=1S/C26H24F4N8/c1-4-36-14-23(26(28,29)30)34-25(36)18-8-7-17(10-19(18)27)33-20-6-5-9-37-22(20)11-21(35-37)24-16(12-31)13-32-38(24)15(2)3/h7-8,10-11,13-15H,4-6,9H2,1-3H3. The highest BCUT2D eigenvalue weighted by Gasteiger charge is 2.35. The molecule has 3 aromatic heterocycles. The first-order valence-electron chi connectivity index (χ1n) is 12.2. The second-order valence-corrected chi connectivity index (χ2v) is 9.25. The van der Waals surface area contributed by atoms with Crippen LogP contribution in [0.3, 0.4) is 0 Å². The van der Waals surface area contributed by atoms with Gasteiger partial charge in [0.2, 0.25) is 0 Å². The van der Waals surface area contributed by atoms with E-state index in [1.165, 1.54) is 22.9 Å². The molecule has 4 aromatic rings. The molecule has 0 saturated carbocycles. The average molecular weight is 525 g/mol. The van der Waals surface area contributed by atoms with Gasteiger partial charge in [-0.1, -0.05) is 0 Å². The summed E-state index contributed by atoms with van der Waals surface area (Å²) in [5.74, 6) is -0.808. The van der Waals surface area contributed by atoms with Gasteiger partial charge in [-0.05, 0) is 51.8 Å². The van der Waals surface area contributed by atoms with Crippen molar-refractivity contribution in [1.29, 1.82) is 5.26 Å². The minimum atomic E-state index is -4.62. The largest absolute Gasteiger partial charge is 0.434 e. The molecule has 12 heteroatoms. The lowest BCUT2D eigenvalue weighted by Gasteiger charge is -2.15. The van der Waals surface area contributed by atoms with Gasteiger partial charge >= 0.3 is 6.18 Å². The SMILES string of the molecule is CCn1cc(C(F)(F)F)nc1-c1ccc(N=C2CCCn3nc(-c4c(C#N)cnn4C(C)C)cc32)cc1F. The van der Waals surface area contributed by atoms with Crippen LogP contribution in [0.25, 0.3) is 22.8 Å². The number of aliphatic imine (C=N–C) groups is 1. The van der Waals surface area contributed by atoms with Gasteiger partial charge in [0.25, 0.3) is 0 Å². The second kappa shape index (κ2) is 9.55. The Morgan fingerprint density at radius 1 is 1.21 bits per heavy atom. The zero-order valence-electron chi connectivity index (χ0n) is 21.0. The Morgan fingerprint density at radius 3 is 2.66 bits per heavy atom. The van der Waals surface area contributed by atoms with E-state index in [-0.39, 0.29) is 24.0 Å². The van der Waals surface area contributed by atoms with Crippen molar-refractivity contribution < 1.29 is 17.6 Å². The summed E-state index contributed by atoms with van der Waals surface area (Å²) >= 11 is 0. The van der Waals surface area contributed by atoms with Crippen LogP contribution in [0.1, 0.15) is 56.6 Å². The van der Waals surface area contributed by atoms with Gasteiger partial charge in [0.15, 0.2) is 5.69 Å². The summed E-state index contributed by atoms with van der Waals surface area (Å²) in [6.07, 6.45) is -0.809. The second-order valence-electron chi connectivity index (χ2n) is 9.25. The van der Waals surface area contributed by atoms with Crippen LogP contribution in [0.15, 0.2) is 41.7 Å². The molecule has 0 amide bonds. The highest BCUT2D eigenvalue weighted by Crippen LogP contribution is 2.34. The number of rotatable bonds is 5. The highest BCUT2D eigenvalue weighted by atomic mass is 19.4. The molecule has 4 heterocycles. The summed E-state index contributed by atoms with van der Waals surface area (Å²) in [6, 6.07) is 8.21. The number of nitriles is 1. The van der Waals surface area contributed by atoms with Gasteiger partial charge in [0.1, 0.15) is 29.1 Å². The summed E-state index contributed by atoms with van der Waals surface area (Å²) in [5, 5.41) is 18.6.